The van der Waals surface area contributed by atoms with E-state index in [9.17, 15) is 4.79 Å². The van der Waals surface area contributed by atoms with Gasteiger partial charge in [0.2, 0.25) is 5.91 Å². The van der Waals surface area contributed by atoms with E-state index in [0.717, 1.165) is 31.6 Å². The first-order valence-electron chi connectivity index (χ1n) is 7.82. The number of benzene rings is 1. The van der Waals surface area contributed by atoms with Crippen LogP contribution in [-0.2, 0) is 11.2 Å². The number of hydrogen-bond acceptors (Lipinski definition) is 3. The lowest BCUT2D eigenvalue weighted by Gasteiger charge is -2.38. The molecule has 0 radical (unpaired) electrons. The van der Waals surface area contributed by atoms with Gasteiger partial charge in [0.1, 0.15) is 11.9 Å². The van der Waals surface area contributed by atoms with E-state index in [1.54, 1.807) is 0 Å². The Kier molecular flexibility index (Phi) is 3.89. The van der Waals surface area contributed by atoms with E-state index >= 15 is 0 Å². The molecular weight excluding hydrogens is 264 g/mol. The molecule has 2 unspecified atom stereocenters. The zero-order valence-corrected chi connectivity index (χ0v) is 12.8. The zero-order chi connectivity index (χ0) is 14.9. The van der Waals surface area contributed by atoms with Crippen molar-refractivity contribution in [3.63, 3.8) is 0 Å². The second kappa shape index (κ2) is 5.68. The molecule has 0 spiro atoms. The van der Waals surface area contributed by atoms with Gasteiger partial charge >= 0.3 is 0 Å². The standard InChI is InChI=1S/C17H24N2O2/c1-17(2)8-5-9-18-15(17)16(20)19-11-13-10-12-6-3-4-7-14(12)21-13/h3-4,6-7,13,15,18H,5,8-11H2,1-2H3,(H,19,20). The van der Waals surface area contributed by atoms with Crippen LogP contribution in [0, 0.1) is 5.41 Å². The predicted octanol–water partition coefficient (Wildman–Crippen LogP) is 1.88. The van der Waals surface area contributed by atoms with Crippen molar-refractivity contribution in [1.29, 1.82) is 0 Å². The molecule has 21 heavy (non-hydrogen) atoms. The highest BCUT2D eigenvalue weighted by molar-refractivity contribution is 5.82. The molecule has 4 nitrogen and oxygen atoms in total. The highest BCUT2D eigenvalue weighted by atomic mass is 16.5. The number of rotatable bonds is 3. The van der Waals surface area contributed by atoms with Gasteiger partial charge in [-0.3, -0.25) is 4.79 Å². The van der Waals surface area contributed by atoms with Crippen LogP contribution in [0.3, 0.4) is 0 Å². The van der Waals surface area contributed by atoms with E-state index < -0.39 is 0 Å². The van der Waals surface area contributed by atoms with Crippen molar-refractivity contribution in [2.45, 2.75) is 45.3 Å². The number of amides is 1. The molecule has 0 bridgehead atoms. The van der Waals surface area contributed by atoms with Crippen LogP contribution in [-0.4, -0.2) is 31.1 Å². The van der Waals surface area contributed by atoms with E-state index in [1.807, 2.05) is 18.2 Å². The third-order valence-corrected chi connectivity index (χ3v) is 4.61. The van der Waals surface area contributed by atoms with Gasteiger partial charge in [-0.15, -0.1) is 0 Å². The summed E-state index contributed by atoms with van der Waals surface area (Å²) >= 11 is 0. The maximum absolute atomic E-state index is 12.4. The van der Waals surface area contributed by atoms with Gasteiger partial charge < -0.3 is 15.4 Å². The smallest absolute Gasteiger partial charge is 0.237 e. The molecule has 1 fully saturated rings. The van der Waals surface area contributed by atoms with E-state index in [4.69, 9.17) is 4.74 Å². The van der Waals surface area contributed by atoms with Crippen molar-refractivity contribution in [3.05, 3.63) is 29.8 Å². The van der Waals surface area contributed by atoms with Gasteiger partial charge in [-0.05, 0) is 36.4 Å². The number of carbonyl (C=O) groups is 1. The minimum atomic E-state index is -0.102. The van der Waals surface area contributed by atoms with Crippen molar-refractivity contribution in [1.82, 2.24) is 10.6 Å². The third-order valence-electron chi connectivity index (χ3n) is 4.61. The molecule has 1 amide bonds. The third kappa shape index (κ3) is 3.05. The Bertz CT molecular complexity index is 502. The molecule has 2 N–H and O–H groups in total. The average molecular weight is 288 g/mol. The Balaban J connectivity index is 1.53. The molecule has 4 heteroatoms. The lowest BCUT2D eigenvalue weighted by molar-refractivity contribution is -0.127. The summed E-state index contributed by atoms with van der Waals surface area (Å²) in [5.41, 5.74) is 1.25. The van der Waals surface area contributed by atoms with Crippen molar-refractivity contribution >= 4 is 5.91 Å². The van der Waals surface area contributed by atoms with Crippen LogP contribution in [0.5, 0.6) is 5.75 Å². The molecule has 0 aromatic heterocycles. The number of fused-ring (bicyclic) bond motifs is 1. The molecule has 2 aliphatic heterocycles. The van der Waals surface area contributed by atoms with Crippen LogP contribution in [0.2, 0.25) is 0 Å². The van der Waals surface area contributed by atoms with Gasteiger partial charge in [0.25, 0.3) is 0 Å². The lowest BCUT2D eigenvalue weighted by atomic mass is 9.77. The molecule has 3 rings (SSSR count). The number of hydrogen-bond donors (Lipinski definition) is 2. The average Bonchev–Trinajstić information content (AvgIpc) is 2.87. The molecular formula is C17H24N2O2. The number of para-hydroxylation sites is 1. The Labute approximate surface area is 126 Å². The lowest BCUT2D eigenvalue weighted by Crippen LogP contribution is -2.56. The van der Waals surface area contributed by atoms with Crippen molar-refractivity contribution in [2.75, 3.05) is 13.1 Å². The van der Waals surface area contributed by atoms with Gasteiger partial charge in [0.05, 0.1) is 12.6 Å². The maximum atomic E-state index is 12.4. The van der Waals surface area contributed by atoms with Crippen LogP contribution < -0.4 is 15.4 Å². The molecule has 114 valence electrons. The Morgan fingerprint density at radius 2 is 2.24 bits per heavy atom. The molecule has 2 atom stereocenters. The first kappa shape index (κ1) is 14.4. The predicted molar refractivity (Wildman–Crippen MR) is 82.4 cm³/mol. The maximum Gasteiger partial charge on any atom is 0.237 e. The summed E-state index contributed by atoms with van der Waals surface area (Å²) in [6, 6.07) is 7.98. The Hall–Kier alpha value is -1.55. The number of carbonyl (C=O) groups excluding carboxylic acids is 1. The summed E-state index contributed by atoms with van der Waals surface area (Å²) in [5, 5.41) is 6.41. The summed E-state index contributed by atoms with van der Waals surface area (Å²) in [6.07, 6.45) is 3.15. The van der Waals surface area contributed by atoms with Gasteiger partial charge in [-0.25, -0.2) is 0 Å². The molecule has 0 aliphatic carbocycles. The fraction of sp³-hybridized carbons (Fsp3) is 0.588. The van der Waals surface area contributed by atoms with Crippen molar-refractivity contribution < 1.29 is 9.53 Å². The van der Waals surface area contributed by atoms with Crippen molar-refractivity contribution in [2.24, 2.45) is 5.41 Å². The molecule has 1 aromatic rings. The molecule has 1 aromatic carbocycles. The summed E-state index contributed by atoms with van der Waals surface area (Å²) in [6.45, 7) is 5.81. The second-order valence-electron chi connectivity index (χ2n) is 6.78. The SMILES string of the molecule is CC1(C)CCCNC1C(=O)NCC1Cc2ccccc2O1. The van der Waals surface area contributed by atoms with Gasteiger partial charge in [0.15, 0.2) is 0 Å². The van der Waals surface area contributed by atoms with Gasteiger partial charge in [0, 0.05) is 6.42 Å². The minimum absolute atomic E-state index is 0.0157. The largest absolute Gasteiger partial charge is 0.488 e. The first-order chi connectivity index (χ1) is 10.1. The normalized spacial score (nSPS) is 26.8. The van der Waals surface area contributed by atoms with Crippen molar-refractivity contribution in [3.8, 4) is 5.75 Å². The second-order valence-corrected chi connectivity index (χ2v) is 6.78. The highest BCUT2D eigenvalue weighted by Crippen LogP contribution is 2.30. The summed E-state index contributed by atoms with van der Waals surface area (Å²) < 4.78 is 5.86. The minimum Gasteiger partial charge on any atom is -0.488 e. The zero-order valence-electron chi connectivity index (χ0n) is 12.8. The quantitative estimate of drug-likeness (QED) is 0.893. The Morgan fingerprint density at radius 1 is 1.43 bits per heavy atom. The molecule has 1 saturated heterocycles. The monoisotopic (exact) mass is 288 g/mol. The van der Waals surface area contributed by atoms with Crippen LogP contribution >= 0.6 is 0 Å². The fourth-order valence-corrected chi connectivity index (χ4v) is 3.34. The van der Waals surface area contributed by atoms with E-state index in [2.05, 4.69) is 30.5 Å². The van der Waals surface area contributed by atoms with Gasteiger partial charge in [-0.1, -0.05) is 32.0 Å². The van der Waals surface area contributed by atoms with Crippen LogP contribution in [0.25, 0.3) is 0 Å². The molecule has 2 aliphatic rings. The van der Waals surface area contributed by atoms with Crippen LogP contribution in [0.1, 0.15) is 32.3 Å². The first-order valence-corrected chi connectivity index (χ1v) is 7.82. The summed E-state index contributed by atoms with van der Waals surface area (Å²) in [7, 11) is 0. The summed E-state index contributed by atoms with van der Waals surface area (Å²) in [5.74, 6) is 1.05. The topological polar surface area (TPSA) is 50.4 Å². The van der Waals surface area contributed by atoms with Crippen LogP contribution in [0.15, 0.2) is 24.3 Å². The van der Waals surface area contributed by atoms with Gasteiger partial charge in [-0.2, -0.15) is 0 Å². The number of nitrogens with one attached hydrogen (secondary N) is 2. The number of ether oxygens (including phenoxy) is 1. The summed E-state index contributed by atoms with van der Waals surface area (Å²) in [4.78, 5) is 12.4. The number of piperidine rings is 1. The van der Waals surface area contributed by atoms with E-state index in [-0.39, 0.29) is 23.5 Å². The van der Waals surface area contributed by atoms with Crippen LogP contribution in [0.4, 0.5) is 0 Å². The van der Waals surface area contributed by atoms with E-state index in [1.165, 1.54) is 5.56 Å². The Morgan fingerprint density at radius 3 is 3.00 bits per heavy atom. The van der Waals surface area contributed by atoms with E-state index in [0.29, 0.717) is 6.54 Å². The fourth-order valence-electron chi connectivity index (χ4n) is 3.34. The highest BCUT2D eigenvalue weighted by Gasteiger charge is 2.37. The molecule has 0 saturated carbocycles. The molecule has 2 heterocycles.